The lowest BCUT2D eigenvalue weighted by Gasteiger charge is -2.60. The van der Waals surface area contributed by atoms with E-state index >= 15 is 0 Å². The monoisotopic (exact) mass is 425 g/mol. The van der Waals surface area contributed by atoms with Crippen LogP contribution < -0.4 is 0 Å². The van der Waals surface area contributed by atoms with Crippen LogP contribution in [0, 0.1) is 30.5 Å². The molecule has 4 aliphatic carbocycles. The highest BCUT2D eigenvalue weighted by Gasteiger charge is 2.61. The molecule has 30 heavy (non-hydrogen) atoms. The number of nitrogens with zero attached hydrogens (tertiary/aromatic N) is 8. The Morgan fingerprint density at radius 1 is 1.20 bits per heavy atom. The van der Waals surface area contributed by atoms with Crippen molar-refractivity contribution < 1.29 is 0 Å². The molecule has 2 unspecified atom stereocenters. The zero-order chi connectivity index (χ0) is 20.7. The Morgan fingerprint density at radius 3 is 2.60 bits per heavy atom. The van der Waals surface area contributed by atoms with Crippen molar-refractivity contribution in [2.24, 2.45) is 11.8 Å². The average molecular weight is 426 g/mol. The molecule has 10 heteroatoms. The van der Waals surface area contributed by atoms with Crippen LogP contribution in [-0.4, -0.2) is 44.8 Å². The summed E-state index contributed by atoms with van der Waals surface area (Å²) in [5, 5.41) is 25.8. The van der Waals surface area contributed by atoms with E-state index in [2.05, 4.69) is 44.0 Å². The molecule has 9 nitrogen and oxygen atoms in total. The summed E-state index contributed by atoms with van der Waals surface area (Å²) in [6.07, 6.45) is 8.79. The highest BCUT2D eigenvalue weighted by molar-refractivity contribution is 7.71. The molecule has 4 atom stereocenters. The van der Waals surface area contributed by atoms with E-state index in [0.29, 0.717) is 16.6 Å². The first kappa shape index (κ1) is 18.4. The van der Waals surface area contributed by atoms with Gasteiger partial charge in [0.2, 0.25) is 0 Å². The summed E-state index contributed by atoms with van der Waals surface area (Å²) in [5.41, 5.74) is 2.06. The van der Waals surface area contributed by atoms with Crippen molar-refractivity contribution in [1.82, 2.24) is 44.8 Å². The summed E-state index contributed by atoms with van der Waals surface area (Å²) >= 11 is 5.71. The summed E-state index contributed by atoms with van der Waals surface area (Å²) in [6.45, 7) is 6.96. The molecule has 0 spiro atoms. The van der Waals surface area contributed by atoms with E-state index in [-0.39, 0.29) is 11.0 Å². The maximum atomic E-state index is 5.71. The van der Waals surface area contributed by atoms with Crippen molar-refractivity contribution in [3.8, 4) is 5.69 Å². The average Bonchev–Trinajstić information content (AvgIpc) is 3.39. The maximum absolute atomic E-state index is 5.71. The fraction of sp³-hybridized carbons (Fsp3) is 0.700. The Hall–Kier alpha value is -2.36. The van der Waals surface area contributed by atoms with E-state index in [1.54, 1.807) is 0 Å². The van der Waals surface area contributed by atoms with Crippen LogP contribution in [0.15, 0.2) is 6.20 Å². The number of aromatic nitrogens is 9. The zero-order valence-electron chi connectivity index (χ0n) is 17.7. The van der Waals surface area contributed by atoms with Crippen LogP contribution in [0.5, 0.6) is 0 Å². The van der Waals surface area contributed by atoms with Crippen LogP contribution in [0.2, 0.25) is 0 Å². The lowest BCUT2D eigenvalue weighted by atomic mass is 9.46. The van der Waals surface area contributed by atoms with E-state index in [4.69, 9.17) is 17.3 Å². The first-order chi connectivity index (χ1) is 14.4. The van der Waals surface area contributed by atoms with Gasteiger partial charge in [-0.3, -0.25) is 14.3 Å². The van der Waals surface area contributed by atoms with E-state index in [9.17, 15) is 0 Å². The molecule has 1 N–H and O–H groups in total. The number of tetrazole rings is 1. The third-order valence-corrected chi connectivity index (χ3v) is 8.01. The SMILES string of the molecule is CCn1ncc(-n2c(C34C[C@H]5C[C@@H](C3)CC(n3nnc(C)n3)(C5)C4)n[nH]c2=S)c1C. The number of aryl methyl sites for hydroxylation is 2. The van der Waals surface area contributed by atoms with Gasteiger partial charge in [-0.25, -0.2) is 0 Å². The summed E-state index contributed by atoms with van der Waals surface area (Å²) < 4.78 is 4.80. The van der Waals surface area contributed by atoms with E-state index in [1.807, 2.05) is 22.6 Å². The second-order valence-corrected chi connectivity index (χ2v) is 10.1. The minimum absolute atomic E-state index is 0.0278. The molecule has 158 valence electrons. The van der Waals surface area contributed by atoms with Gasteiger partial charge in [0.05, 0.1) is 23.1 Å². The van der Waals surface area contributed by atoms with E-state index < -0.39 is 0 Å². The minimum Gasteiger partial charge on any atom is -0.268 e. The molecule has 4 bridgehead atoms. The van der Waals surface area contributed by atoms with Gasteiger partial charge < -0.3 is 0 Å². The highest BCUT2D eigenvalue weighted by Crippen LogP contribution is 2.64. The summed E-state index contributed by atoms with van der Waals surface area (Å²) in [5.74, 6) is 3.12. The summed E-state index contributed by atoms with van der Waals surface area (Å²) in [7, 11) is 0. The lowest BCUT2D eigenvalue weighted by molar-refractivity contribution is -0.0792. The fourth-order valence-corrected chi connectivity index (χ4v) is 7.28. The quantitative estimate of drug-likeness (QED) is 0.646. The van der Waals surface area contributed by atoms with Crippen molar-refractivity contribution in [2.45, 2.75) is 76.8 Å². The molecule has 0 aromatic carbocycles. The molecule has 4 saturated carbocycles. The third-order valence-electron chi connectivity index (χ3n) is 7.73. The molecule has 3 heterocycles. The van der Waals surface area contributed by atoms with Gasteiger partial charge in [-0.1, -0.05) is 0 Å². The second-order valence-electron chi connectivity index (χ2n) is 9.71. The molecule has 0 saturated heterocycles. The Kier molecular flexibility index (Phi) is 3.74. The second kappa shape index (κ2) is 6.09. The minimum atomic E-state index is -0.0631. The van der Waals surface area contributed by atoms with Gasteiger partial charge in [0.1, 0.15) is 5.82 Å². The Labute approximate surface area is 179 Å². The molecule has 4 fully saturated rings. The third kappa shape index (κ3) is 2.39. The molecule has 7 rings (SSSR count). The summed E-state index contributed by atoms with van der Waals surface area (Å²) in [6, 6.07) is 0. The van der Waals surface area contributed by atoms with Crippen molar-refractivity contribution in [1.29, 1.82) is 0 Å². The van der Waals surface area contributed by atoms with Gasteiger partial charge >= 0.3 is 0 Å². The van der Waals surface area contributed by atoms with Gasteiger partial charge in [0, 0.05) is 12.0 Å². The van der Waals surface area contributed by atoms with Crippen LogP contribution >= 0.6 is 12.2 Å². The normalized spacial score (nSPS) is 32.2. The van der Waals surface area contributed by atoms with Gasteiger partial charge in [-0.15, -0.1) is 10.2 Å². The predicted octanol–water partition coefficient (Wildman–Crippen LogP) is 3.00. The Balaban J connectivity index is 1.50. The number of hydrogen-bond donors (Lipinski definition) is 1. The molecule has 3 aromatic heterocycles. The Morgan fingerprint density at radius 2 is 1.97 bits per heavy atom. The first-order valence-corrected chi connectivity index (χ1v) is 11.3. The molecular formula is C20H27N9S. The van der Waals surface area contributed by atoms with Gasteiger partial charge in [-0.05, 0) is 88.6 Å². The van der Waals surface area contributed by atoms with Gasteiger partial charge in [-0.2, -0.15) is 15.0 Å². The lowest BCUT2D eigenvalue weighted by Crippen LogP contribution is -2.59. The van der Waals surface area contributed by atoms with Crippen molar-refractivity contribution in [2.75, 3.05) is 0 Å². The highest BCUT2D eigenvalue weighted by atomic mass is 32.1. The van der Waals surface area contributed by atoms with Crippen molar-refractivity contribution >= 4 is 12.2 Å². The largest absolute Gasteiger partial charge is 0.268 e. The number of rotatable bonds is 4. The molecule has 0 radical (unpaired) electrons. The molecule has 4 aliphatic rings. The van der Waals surface area contributed by atoms with Crippen molar-refractivity contribution in [3.05, 3.63) is 28.3 Å². The number of H-pyrrole nitrogens is 1. The molecular weight excluding hydrogens is 398 g/mol. The zero-order valence-corrected chi connectivity index (χ0v) is 18.5. The Bertz CT molecular complexity index is 1170. The smallest absolute Gasteiger partial charge is 0.200 e. The van der Waals surface area contributed by atoms with Gasteiger partial charge in [0.25, 0.3) is 0 Å². The molecule has 0 aliphatic heterocycles. The number of hydrogen-bond acceptors (Lipinski definition) is 6. The first-order valence-electron chi connectivity index (χ1n) is 10.9. The topological polar surface area (TPSA) is 95.0 Å². The molecule has 0 amide bonds. The maximum Gasteiger partial charge on any atom is 0.200 e. The summed E-state index contributed by atoms with van der Waals surface area (Å²) in [4.78, 5) is 1.93. The van der Waals surface area contributed by atoms with Crippen LogP contribution in [0.25, 0.3) is 5.69 Å². The van der Waals surface area contributed by atoms with E-state index in [1.165, 1.54) is 6.42 Å². The van der Waals surface area contributed by atoms with E-state index in [0.717, 1.165) is 61.7 Å². The van der Waals surface area contributed by atoms with Crippen LogP contribution in [-0.2, 0) is 17.5 Å². The fourth-order valence-electron chi connectivity index (χ4n) is 7.05. The molecule has 3 aromatic rings. The standard InChI is InChI=1S/C20H27N9S/c1-4-27-12(2)16(10-21-27)28-17(23-24-18(28)30)19-6-14-5-15(7-19)9-20(8-14,11-19)29-25-13(3)22-26-29/h10,14-15H,4-9,11H2,1-3H3,(H,24,30)/t14-,15+,19?,20?. The van der Waals surface area contributed by atoms with Crippen LogP contribution in [0.3, 0.4) is 0 Å². The number of nitrogens with one attached hydrogen (secondary N) is 1. The van der Waals surface area contributed by atoms with Crippen LogP contribution in [0.1, 0.15) is 62.8 Å². The van der Waals surface area contributed by atoms with Gasteiger partial charge in [0.15, 0.2) is 10.6 Å². The predicted molar refractivity (Wildman–Crippen MR) is 112 cm³/mol. The van der Waals surface area contributed by atoms with Crippen molar-refractivity contribution in [3.63, 3.8) is 0 Å². The van der Waals surface area contributed by atoms with Crippen LogP contribution in [0.4, 0.5) is 0 Å². The number of aromatic amines is 1.